The molecule has 0 radical (unpaired) electrons. The normalized spacial score (nSPS) is 18.7. The summed E-state index contributed by atoms with van der Waals surface area (Å²) in [7, 11) is 1.51. The van der Waals surface area contributed by atoms with Crippen molar-refractivity contribution in [3.05, 3.63) is 47.2 Å². The van der Waals surface area contributed by atoms with E-state index in [4.69, 9.17) is 5.26 Å². The van der Waals surface area contributed by atoms with Crippen LogP contribution < -0.4 is 5.32 Å². The van der Waals surface area contributed by atoms with Gasteiger partial charge in [-0.05, 0) is 12.5 Å². The molecule has 2 aromatic rings. The van der Waals surface area contributed by atoms with Gasteiger partial charge in [0, 0.05) is 20.0 Å². The molecule has 1 aromatic heterocycles. The van der Waals surface area contributed by atoms with Gasteiger partial charge in [-0.3, -0.25) is 4.79 Å². The fraction of sp³-hybridized carbons (Fsp3) is 0.421. The lowest BCUT2D eigenvalue weighted by Crippen LogP contribution is -2.36. The van der Waals surface area contributed by atoms with Crippen molar-refractivity contribution in [2.24, 2.45) is 0 Å². The van der Waals surface area contributed by atoms with Crippen LogP contribution in [-0.4, -0.2) is 40.4 Å². The molecule has 0 spiro atoms. The third kappa shape index (κ3) is 3.81. The van der Waals surface area contributed by atoms with E-state index in [1.807, 2.05) is 25.1 Å². The monoisotopic (exact) mass is 391 g/mol. The number of hydrogen-bond donors (Lipinski definition) is 1. The highest BCUT2D eigenvalue weighted by atomic mass is 19.4. The molecule has 3 rings (SSSR count). The molecule has 0 aliphatic carbocycles. The van der Waals surface area contributed by atoms with Crippen LogP contribution in [0.3, 0.4) is 0 Å². The van der Waals surface area contributed by atoms with Crippen molar-refractivity contribution in [1.82, 2.24) is 14.7 Å². The molecule has 1 aliphatic heterocycles. The molecular formula is C19H20F3N5O. The summed E-state index contributed by atoms with van der Waals surface area (Å²) in [4.78, 5) is 14.0. The third-order valence-corrected chi connectivity index (χ3v) is 4.85. The number of benzene rings is 1. The van der Waals surface area contributed by atoms with E-state index in [-0.39, 0.29) is 30.8 Å². The number of amides is 1. The van der Waals surface area contributed by atoms with Gasteiger partial charge in [-0.2, -0.15) is 23.5 Å². The van der Waals surface area contributed by atoms with E-state index in [0.29, 0.717) is 5.56 Å². The van der Waals surface area contributed by atoms with Gasteiger partial charge in [0.05, 0.1) is 24.7 Å². The van der Waals surface area contributed by atoms with E-state index in [0.717, 1.165) is 16.4 Å². The molecule has 28 heavy (non-hydrogen) atoms. The first kappa shape index (κ1) is 19.7. The molecule has 2 atom stereocenters. The summed E-state index contributed by atoms with van der Waals surface area (Å²) < 4.78 is 41.9. The topological polar surface area (TPSA) is 74.0 Å². The fourth-order valence-corrected chi connectivity index (χ4v) is 3.26. The number of anilines is 1. The lowest BCUT2D eigenvalue weighted by atomic mass is 9.96. The number of hydrogen-bond acceptors (Lipinski definition) is 4. The molecule has 6 nitrogen and oxygen atoms in total. The Bertz CT molecular complexity index is 898. The highest BCUT2D eigenvalue weighted by Gasteiger charge is 2.47. The second kappa shape index (κ2) is 7.54. The maximum absolute atomic E-state index is 13.7. The highest BCUT2D eigenvalue weighted by Crippen LogP contribution is 2.44. The standard InChI is InChI=1S/C19H20F3N5O/c1-12-4-6-13(7-5-12)15-10-16(19(20,21)22)27-17(25-15)14(11-24-27)18(28)26(2)9-3-8-23/h4-7,11,15-16,25H,3,9-10H2,1-2H3/t15-,16-/m1/s1. The minimum Gasteiger partial charge on any atom is -0.363 e. The molecule has 1 aromatic carbocycles. The lowest BCUT2D eigenvalue weighted by molar-refractivity contribution is -0.173. The van der Waals surface area contributed by atoms with Crippen LogP contribution in [0.4, 0.5) is 19.0 Å². The average molecular weight is 391 g/mol. The summed E-state index contributed by atoms with van der Waals surface area (Å²) in [6.07, 6.45) is -3.43. The number of carbonyl (C=O) groups excluding carboxylic acids is 1. The molecule has 1 amide bonds. The van der Waals surface area contributed by atoms with Crippen molar-refractivity contribution < 1.29 is 18.0 Å². The van der Waals surface area contributed by atoms with Gasteiger partial charge in [-0.1, -0.05) is 29.8 Å². The number of halogens is 3. The fourth-order valence-electron chi connectivity index (χ4n) is 3.26. The van der Waals surface area contributed by atoms with Gasteiger partial charge in [0.2, 0.25) is 0 Å². The molecule has 0 saturated heterocycles. The molecular weight excluding hydrogens is 371 g/mol. The molecule has 0 fully saturated rings. The average Bonchev–Trinajstić information content (AvgIpc) is 3.08. The van der Waals surface area contributed by atoms with Crippen molar-refractivity contribution in [3.8, 4) is 6.07 Å². The van der Waals surface area contributed by atoms with E-state index < -0.39 is 24.2 Å². The van der Waals surface area contributed by atoms with Gasteiger partial charge >= 0.3 is 6.18 Å². The van der Waals surface area contributed by atoms with Gasteiger partial charge in [0.25, 0.3) is 5.91 Å². The van der Waals surface area contributed by atoms with Crippen LogP contribution in [0.25, 0.3) is 0 Å². The van der Waals surface area contributed by atoms with Crippen LogP contribution in [-0.2, 0) is 0 Å². The SMILES string of the molecule is Cc1ccc([C@H]2C[C@H](C(F)(F)F)n3ncc(C(=O)N(C)CCC#N)c3N2)cc1. The van der Waals surface area contributed by atoms with Crippen molar-refractivity contribution in [2.45, 2.75) is 38.0 Å². The number of alkyl halides is 3. The number of aromatic nitrogens is 2. The Balaban J connectivity index is 1.98. The number of aryl methyl sites for hydroxylation is 1. The maximum atomic E-state index is 13.7. The van der Waals surface area contributed by atoms with Crippen molar-refractivity contribution in [1.29, 1.82) is 5.26 Å². The third-order valence-electron chi connectivity index (χ3n) is 4.85. The predicted molar refractivity (Wildman–Crippen MR) is 96.7 cm³/mol. The smallest absolute Gasteiger partial charge is 0.363 e. The predicted octanol–water partition coefficient (Wildman–Crippen LogP) is 3.84. The van der Waals surface area contributed by atoms with E-state index >= 15 is 0 Å². The van der Waals surface area contributed by atoms with Gasteiger partial charge < -0.3 is 10.2 Å². The van der Waals surface area contributed by atoms with Crippen LogP contribution >= 0.6 is 0 Å². The Morgan fingerprint density at radius 3 is 2.68 bits per heavy atom. The van der Waals surface area contributed by atoms with Gasteiger partial charge in [0.1, 0.15) is 11.4 Å². The number of nitriles is 1. The van der Waals surface area contributed by atoms with Crippen LogP contribution in [0.15, 0.2) is 30.5 Å². The summed E-state index contributed by atoms with van der Waals surface area (Å²) >= 11 is 0. The summed E-state index contributed by atoms with van der Waals surface area (Å²) in [6, 6.07) is 6.76. The quantitative estimate of drug-likeness (QED) is 0.860. The van der Waals surface area contributed by atoms with Crippen molar-refractivity contribution in [3.63, 3.8) is 0 Å². The molecule has 1 N–H and O–H groups in total. The number of carbonyl (C=O) groups is 1. The van der Waals surface area contributed by atoms with Crippen molar-refractivity contribution >= 4 is 11.7 Å². The maximum Gasteiger partial charge on any atom is 0.410 e. The van der Waals surface area contributed by atoms with Gasteiger partial charge in [0.15, 0.2) is 6.04 Å². The number of nitrogens with zero attached hydrogens (tertiary/aromatic N) is 4. The summed E-state index contributed by atoms with van der Waals surface area (Å²) in [6.45, 7) is 2.09. The molecule has 1 aliphatic rings. The van der Waals surface area contributed by atoms with Crippen LogP contribution in [0, 0.1) is 18.3 Å². The lowest BCUT2D eigenvalue weighted by Gasteiger charge is -2.34. The molecule has 0 saturated carbocycles. The second-order valence-electron chi connectivity index (χ2n) is 6.89. The first-order valence-electron chi connectivity index (χ1n) is 8.82. The Morgan fingerprint density at radius 2 is 2.07 bits per heavy atom. The van der Waals surface area contributed by atoms with E-state index in [9.17, 15) is 18.0 Å². The molecule has 9 heteroatoms. The minimum atomic E-state index is -4.50. The first-order chi connectivity index (χ1) is 13.2. The summed E-state index contributed by atoms with van der Waals surface area (Å²) in [5.41, 5.74) is 1.78. The zero-order valence-electron chi connectivity index (χ0n) is 15.5. The Kier molecular flexibility index (Phi) is 5.31. The Morgan fingerprint density at radius 1 is 1.39 bits per heavy atom. The number of fused-ring (bicyclic) bond motifs is 1. The van der Waals surface area contributed by atoms with E-state index in [1.165, 1.54) is 11.9 Å². The van der Waals surface area contributed by atoms with Crippen LogP contribution in [0.1, 0.15) is 46.4 Å². The molecule has 0 bridgehead atoms. The Labute approximate surface area is 160 Å². The second-order valence-corrected chi connectivity index (χ2v) is 6.89. The van der Waals surface area contributed by atoms with Gasteiger partial charge in [-0.25, -0.2) is 4.68 Å². The zero-order chi connectivity index (χ0) is 20.5. The molecule has 148 valence electrons. The highest BCUT2D eigenvalue weighted by molar-refractivity contribution is 5.98. The number of rotatable bonds is 4. The summed E-state index contributed by atoms with van der Waals surface area (Å²) in [5.74, 6) is -0.428. The van der Waals surface area contributed by atoms with E-state index in [1.54, 1.807) is 12.1 Å². The zero-order valence-corrected chi connectivity index (χ0v) is 15.5. The Hall–Kier alpha value is -3.02. The number of nitrogens with one attached hydrogen (secondary N) is 1. The van der Waals surface area contributed by atoms with Crippen molar-refractivity contribution in [2.75, 3.05) is 18.9 Å². The molecule has 0 unspecified atom stereocenters. The largest absolute Gasteiger partial charge is 0.410 e. The van der Waals surface area contributed by atoms with Gasteiger partial charge in [-0.15, -0.1) is 0 Å². The minimum absolute atomic E-state index is 0.0490. The molecule has 2 heterocycles. The first-order valence-corrected chi connectivity index (χ1v) is 8.82. The van der Waals surface area contributed by atoms with Crippen LogP contribution in [0.5, 0.6) is 0 Å². The summed E-state index contributed by atoms with van der Waals surface area (Å²) in [5, 5.41) is 15.6. The van der Waals surface area contributed by atoms with E-state index in [2.05, 4.69) is 10.4 Å². The van der Waals surface area contributed by atoms with Crippen LogP contribution in [0.2, 0.25) is 0 Å².